The molecule has 0 radical (unpaired) electrons. The first-order chi connectivity index (χ1) is 16.3. The molecule has 7 nitrogen and oxygen atoms in total. The maximum absolute atomic E-state index is 13.7. The Kier molecular flexibility index (Phi) is 6.15. The second-order valence-corrected chi connectivity index (χ2v) is 10.9. The number of para-hydroxylation sites is 1. The number of hydrogen-bond donors (Lipinski definition) is 2. The van der Waals surface area contributed by atoms with Crippen LogP contribution in [0.15, 0.2) is 30.5 Å². The van der Waals surface area contributed by atoms with Gasteiger partial charge in [0.2, 0.25) is 0 Å². The van der Waals surface area contributed by atoms with Crippen LogP contribution in [0, 0.1) is 5.92 Å². The van der Waals surface area contributed by atoms with E-state index < -0.39 is 11.4 Å². The Hall–Kier alpha value is -2.80. The molecule has 0 unspecified atom stereocenters. The predicted octanol–water partition coefficient (Wildman–Crippen LogP) is 4.50. The number of benzene rings is 1. The number of hydrogen-bond acceptors (Lipinski definition) is 3. The van der Waals surface area contributed by atoms with Gasteiger partial charge in [-0.05, 0) is 56.3 Å². The molecule has 3 aliphatic rings. The minimum atomic E-state index is -1.02. The maximum atomic E-state index is 13.7. The van der Waals surface area contributed by atoms with Crippen molar-refractivity contribution in [2.24, 2.45) is 5.92 Å². The number of aromatic nitrogens is 1. The van der Waals surface area contributed by atoms with Crippen LogP contribution in [-0.2, 0) is 10.2 Å². The molecule has 2 saturated heterocycles. The van der Waals surface area contributed by atoms with Crippen LogP contribution >= 0.6 is 0 Å². The Bertz CT molecular complexity index is 1110. The molecule has 2 fully saturated rings. The first kappa shape index (κ1) is 23.0. The topological polar surface area (TPSA) is 79.9 Å². The number of carboxylic acids is 1. The summed E-state index contributed by atoms with van der Waals surface area (Å²) in [5.74, 6) is -0.541. The van der Waals surface area contributed by atoms with Gasteiger partial charge in [0, 0.05) is 48.7 Å². The van der Waals surface area contributed by atoms with Gasteiger partial charge in [0.25, 0.3) is 0 Å². The van der Waals surface area contributed by atoms with E-state index in [2.05, 4.69) is 23.7 Å². The Labute approximate surface area is 201 Å². The third kappa shape index (κ3) is 4.33. The van der Waals surface area contributed by atoms with Gasteiger partial charge in [-0.2, -0.15) is 0 Å². The molecular formula is C27H36N4O3. The van der Waals surface area contributed by atoms with E-state index >= 15 is 0 Å². The number of H-pyrrole nitrogens is 1. The SMILES string of the molecule is CC1(C)CN(C(=O)N2CCC[C@@H](CN3CCCCC3)C2)C=C(C(=O)O)c2[nH]c3ccccc3c21. The molecule has 2 aromatic rings. The fourth-order valence-corrected chi connectivity index (χ4v) is 6.18. The van der Waals surface area contributed by atoms with E-state index in [1.165, 1.54) is 32.4 Å². The van der Waals surface area contributed by atoms with E-state index in [0.29, 0.717) is 18.2 Å². The number of fused-ring (bicyclic) bond motifs is 3. The average Bonchev–Trinajstić information content (AvgIpc) is 3.16. The van der Waals surface area contributed by atoms with E-state index in [9.17, 15) is 14.7 Å². The largest absolute Gasteiger partial charge is 0.478 e. The van der Waals surface area contributed by atoms with Gasteiger partial charge in [-0.1, -0.05) is 38.5 Å². The van der Waals surface area contributed by atoms with Crippen LogP contribution in [0.2, 0.25) is 0 Å². The van der Waals surface area contributed by atoms with Gasteiger partial charge in [0.15, 0.2) is 0 Å². The highest BCUT2D eigenvalue weighted by Gasteiger charge is 2.38. The summed E-state index contributed by atoms with van der Waals surface area (Å²) in [5.41, 5.74) is 2.22. The highest BCUT2D eigenvalue weighted by atomic mass is 16.4. The molecule has 0 aliphatic carbocycles. The molecule has 1 atom stereocenters. The molecule has 182 valence electrons. The summed E-state index contributed by atoms with van der Waals surface area (Å²) in [6.07, 6.45) is 7.58. The second kappa shape index (κ2) is 9.10. The predicted molar refractivity (Wildman–Crippen MR) is 134 cm³/mol. The van der Waals surface area contributed by atoms with Crippen molar-refractivity contribution in [3.63, 3.8) is 0 Å². The number of carbonyl (C=O) groups excluding carboxylic acids is 1. The Balaban J connectivity index is 1.41. The van der Waals surface area contributed by atoms with Gasteiger partial charge < -0.3 is 19.9 Å². The Morgan fingerprint density at radius 2 is 1.85 bits per heavy atom. The van der Waals surface area contributed by atoms with E-state index in [1.54, 1.807) is 11.1 Å². The molecule has 2 amide bonds. The van der Waals surface area contributed by atoms with Crippen molar-refractivity contribution in [1.82, 2.24) is 19.7 Å². The zero-order chi connectivity index (χ0) is 23.9. The zero-order valence-corrected chi connectivity index (χ0v) is 20.3. The third-order valence-corrected chi connectivity index (χ3v) is 7.73. The fourth-order valence-electron chi connectivity index (χ4n) is 6.18. The van der Waals surface area contributed by atoms with Crippen molar-refractivity contribution in [3.05, 3.63) is 41.7 Å². The summed E-state index contributed by atoms with van der Waals surface area (Å²) in [6.45, 7) is 9.50. The number of piperidine rings is 2. The number of carbonyl (C=O) groups is 2. The van der Waals surface area contributed by atoms with E-state index in [1.807, 2.05) is 29.2 Å². The average molecular weight is 465 g/mol. The number of amides is 2. The van der Waals surface area contributed by atoms with Crippen LogP contribution < -0.4 is 0 Å². The minimum Gasteiger partial charge on any atom is -0.478 e. The van der Waals surface area contributed by atoms with Gasteiger partial charge in [-0.3, -0.25) is 4.90 Å². The van der Waals surface area contributed by atoms with Crippen LogP contribution in [-0.4, -0.2) is 76.1 Å². The number of urea groups is 1. The molecule has 5 rings (SSSR count). The molecular weight excluding hydrogens is 428 g/mol. The lowest BCUT2D eigenvalue weighted by Crippen LogP contribution is -2.50. The quantitative estimate of drug-likeness (QED) is 0.701. The molecule has 34 heavy (non-hydrogen) atoms. The molecule has 0 bridgehead atoms. The number of nitrogens with zero attached hydrogens (tertiary/aromatic N) is 3. The van der Waals surface area contributed by atoms with Crippen LogP contribution in [0.4, 0.5) is 4.79 Å². The number of likely N-dealkylation sites (tertiary alicyclic amines) is 2. The molecule has 7 heteroatoms. The van der Waals surface area contributed by atoms with Crippen LogP contribution in [0.25, 0.3) is 16.5 Å². The van der Waals surface area contributed by atoms with Crippen LogP contribution in [0.1, 0.15) is 57.2 Å². The van der Waals surface area contributed by atoms with Crippen molar-refractivity contribution in [1.29, 1.82) is 0 Å². The summed E-state index contributed by atoms with van der Waals surface area (Å²) in [6, 6.07) is 7.84. The van der Waals surface area contributed by atoms with Crippen molar-refractivity contribution in [2.45, 2.75) is 51.4 Å². The van der Waals surface area contributed by atoms with E-state index in [0.717, 1.165) is 48.9 Å². The molecule has 1 aromatic carbocycles. The summed E-state index contributed by atoms with van der Waals surface area (Å²) in [7, 11) is 0. The smallest absolute Gasteiger partial charge is 0.339 e. The summed E-state index contributed by atoms with van der Waals surface area (Å²) in [4.78, 5) is 35.5. The lowest BCUT2D eigenvalue weighted by Gasteiger charge is -2.39. The standard InChI is InChI=1S/C27H36N4O3/c1-27(2)18-31(17-21(25(32)33)24-23(27)20-10-4-5-11-22(20)28-24)26(34)30-14-8-9-19(16-30)15-29-12-6-3-7-13-29/h4-5,10-11,17,19,28H,3,6-9,12-16,18H2,1-2H3,(H,32,33)/t19-/m0/s1. The van der Waals surface area contributed by atoms with Crippen LogP contribution in [0.5, 0.6) is 0 Å². The molecule has 2 N–H and O–H groups in total. The monoisotopic (exact) mass is 464 g/mol. The third-order valence-electron chi connectivity index (χ3n) is 7.73. The number of rotatable bonds is 3. The molecule has 0 spiro atoms. The first-order valence-electron chi connectivity index (χ1n) is 12.7. The van der Waals surface area contributed by atoms with Gasteiger partial charge >= 0.3 is 12.0 Å². The van der Waals surface area contributed by atoms with E-state index in [4.69, 9.17) is 0 Å². The number of aliphatic carboxylic acids is 1. The minimum absolute atomic E-state index is 0.0790. The van der Waals surface area contributed by atoms with Gasteiger partial charge in [-0.25, -0.2) is 9.59 Å². The number of aromatic amines is 1. The lowest BCUT2D eigenvalue weighted by molar-refractivity contribution is -0.130. The van der Waals surface area contributed by atoms with Gasteiger partial charge in [0.1, 0.15) is 0 Å². The lowest BCUT2D eigenvalue weighted by atomic mass is 9.82. The highest BCUT2D eigenvalue weighted by molar-refractivity contribution is 6.17. The Morgan fingerprint density at radius 3 is 2.62 bits per heavy atom. The zero-order valence-electron chi connectivity index (χ0n) is 20.3. The number of nitrogens with one attached hydrogen (secondary N) is 1. The second-order valence-electron chi connectivity index (χ2n) is 10.9. The van der Waals surface area contributed by atoms with Gasteiger partial charge in [0.05, 0.1) is 11.3 Å². The first-order valence-corrected chi connectivity index (χ1v) is 12.7. The van der Waals surface area contributed by atoms with E-state index in [-0.39, 0.29) is 11.6 Å². The molecule has 3 aliphatic heterocycles. The van der Waals surface area contributed by atoms with Crippen molar-refractivity contribution < 1.29 is 14.7 Å². The molecule has 1 aromatic heterocycles. The Morgan fingerprint density at radius 1 is 1.09 bits per heavy atom. The van der Waals surface area contributed by atoms with Crippen LogP contribution in [0.3, 0.4) is 0 Å². The summed E-state index contributed by atoms with van der Waals surface area (Å²) < 4.78 is 0. The highest BCUT2D eigenvalue weighted by Crippen LogP contribution is 2.40. The molecule has 0 saturated carbocycles. The van der Waals surface area contributed by atoms with Gasteiger partial charge in [-0.15, -0.1) is 0 Å². The fraction of sp³-hybridized carbons (Fsp3) is 0.556. The van der Waals surface area contributed by atoms with Crippen molar-refractivity contribution in [2.75, 3.05) is 39.3 Å². The maximum Gasteiger partial charge on any atom is 0.339 e. The van der Waals surface area contributed by atoms with Crippen molar-refractivity contribution in [3.8, 4) is 0 Å². The molecule has 4 heterocycles. The number of carboxylic acid groups (broad SMARTS) is 1. The van der Waals surface area contributed by atoms with Crippen molar-refractivity contribution >= 4 is 28.5 Å². The summed E-state index contributed by atoms with van der Waals surface area (Å²) >= 11 is 0. The summed E-state index contributed by atoms with van der Waals surface area (Å²) in [5, 5.41) is 11.1. The normalized spacial score (nSPS) is 23.4.